The number of rotatable bonds is 3. The summed E-state index contributed by atoms with van der Waals surface area (Å²) in [6, 6.07) is 0.657. The van der Waals surface area contributed by atoms with E-state index in [1.165, 1.54) is 25.7 Å². The van der Waals surface area contributed by atoms with Crippen LogP contribution in [0.4, 0.5) is 0 Å². The fourth-order valence-corrected chi connectivity index (χ4v) is 2.31. The third kappa shape index (κ3) is 2.82. The maximum atomic E-state index is 4.08. The molecular formula is C12H22N4. The largest absolute Gasteiger partial charge is 0.320 e. The highest BCUT2D eigenvalue weighted by Crippen LogP contribution is 2.34. The Morgan fingerprint density at radius 1 is 1.44 bits per heavy atom. The molecule has 0 atom stereocenters. The summed E-state index contributed by atoms with van der Waals surface area (Å²) in [4.78, 5) is 0. The fourth-order valence-electron chi connectivity index (χ4n) is 2.31. The molecule has 1 N–H and O–H groups in total. The van der Waals surface area contributed by atoms with Crippen molar-refractivity contribution in [2.45, 2.75) is 52.1 Å². The topological polar surface area (TPSA) is 42.7 Å². The average Bonchev–Trinajstić information content (AvgIpc) is 2.63. The molecule has 1 aliphatic rings. The van der Waals surface area contributed by atoms with Crippen LogP contribution in [0.25, 0.3) is 0 Å². The normalized spacial score (nSPS) is 21.2. The molecule has 90 valence electrons. The van der Waals surface area contributed by atoms with E-state index in [1.54, 1.807) is 6.33 Å². The van der Waals surface area contributed by atoms with Crippen LogP contribution in [-0.2, 0) is 13.6 Å². The Morgan fingerprint density at radius 3 is 2.69 bits per heavy atom. The van der Waals surface area contributed by atoms with Crippen molar-refractivity contribution in [3.63, 3.8) is 0 Å². The Kier molecular flexibility index (Phi) is 3.28. The zero-order chi connectivity index (χ0) is 11.6. The summed E-state index contributed by atoms with van der Waals surface area (Å²) in [5, 5.41) is 11.5. The van der Waals surface area contributed by atoms with Gasteiger partial charge in [-0.3, -0.25) is 0 Å². The predicted molar refractivity (Wildman–Crippen MR) is 63.9 cm³/mol. The van der Waals surface area contributed by atoms with Crippen molar-refractivity contribution in [2.75, 3.05) is 0 Å². The second kappa shape index (κ2) is 4.53. The first-order valence-corrected chi connectivity index (χ1v) is 6.13. The molecule has 0 aliphatic heterocycles. The van der Waals surface area contributed by atoms with E-state index in [4.69, 9.17) is 0 Å². The van der Waals surface area contributed by atoms with Crippen LogP contribution < -0.4 is 5.32 Å². The van der Waals surface area contributed by atoms with E-state index in [-0.39, 0.29) is 0 Å². The van der Waals surface area contributed by atoms with Gasteiger partial charge in [-0.1, -0.05) is 13.8 Å². The summed E-state index contributed by atoms with van der Waals surface area (Å²) >= 11 is 0. The minimum Gasteiger partial charge on any atom is -0.320 e. The van der Waals surface area contributed by atoms with Crippen LogP contribution in [-0.4, -0.2) is 20.8 Å². The lowest BCUT2D eigenvalue weighted by molar-refractivity contribution is 0.205. The number of aromatic nitrogens is 3. The first-order valence-electron chi connectivity index (χ1n) is 6.13. The third-order valence-electron chi connectivity index (χ3n) is 3.69. The molecule has 1 saturated carbocycles. The number of nitrogens with one attached hydrogen (secondary N) is 1. The van der Waals surface area contributed by atoms with Gasteiger partial charge in [0.05, 0.1) is 6.54 Å². The molecule has 1 heterocycles. The van der Waals surface area contributed by atoms with Crippen LogP contribution in [0.2, 0.25) is 0 Å². The van der Waals surface area contributed by atoms with Crippen molar-refractivity contribution in [3.8, 4) is 0 Å². The highest BCUT2D eigenvalue weighted by Gasteiger charge is 2.26. The fraction of sp³-hybridized carbons (Fsp3) is 0.833. The van der Waals surface area contributed by atoms with Gasteiger partial charge in [0.25, 0.3) is 0 Å². The monoisotopic (exact) mass is 222 g/mol. The maximum absolute atomic E-state index is 4.08. The molecule has 0 unspecified atom stereocenters. The van der Waals surface area contributed by atoms with Crippen molar-refractivity contribution in [3.05, 3.63) is 12.2 Å². The SMILES string of the molecule is Cn1cnnc1CNC1CCC(C)(C)CC1. The van der Waals surface area contributed by atoms with Gasteiger partial charge in [0, 0.05) is 13.1 Å². The Balaban J connectivity index is 1.78. The van der Waals surface area contributed by atoms with Crippen molar-refractivity contribution >= 4 is 0 Å². The Hall–Kier alpha value is -0.900. The molecule has 0 spiro atoms. The Labute approximate surface area is 97.5 Å². The molecule has 1 aromatic rings. The summed E-state index contributed by atoms with van der Waals surface area (Å²) in [6.45, 7) is 5.57. The molecule has 2 rings (SSSR count). The van der Waals surface area contributed by atoms with Gasteiger partial charge in [-0.25, -0.2) is 0 Å². The van der Waals surface area contributed by atoms with E-state index in [0.717, 1.165) is 12.4 Å². The second-order valence-corrected chi connectivity index (χ2v) is 5.68. The van der Waals surface area contributed by atoms with Gasteiger partial charge in [-0.15, -0.1) is 10.2 Å². The smallest absolute Gasteiger partial charge is 0.146 e. The van der Waals surface area contributed by atoms with E-state index in [1.807, 2.05) is 11.6 Å². The number of hydrogen-bond acceptors (Lipinski definition) is 3. The van der Waals surface area contributed by atoms with Gasteiger partial charge < -0.3 is 9.88 Å². The van der Waals surface area contributed by atoms with Crippen molar-refractivity contribution in [1.29, 1.82) is 0 Å². The van der Waals surface area contributed by atoms with Gasteiger partial charge in [0.2, 0.25) is 0 Å². The van der Waals surface area contributed by atoms with Crippen LogP contribution in [0.5, 0.6) is 0 Å². The summed E-state index contributed by atoms with van der Waals surface area (Å²) in [5.74, 6) is 1.02. The minimum absolute atomic E-state index is 0.545. The molecule has 0 aromatic carbocycles. The summed E-state index contributed by atoms with van der Waals surface area (Å²) in [7, 11) is 1.99. The highest BCUT2D eigenvalue weighted by molar-refractivity contribution is 4.87. The van der Waals surface area contributed by atoms with Gasteiger partial charge in [-0.05, 0) is 31.1 Å². The molecule has 0 amide bonds. The maximum Gasteiger partial charge on any atom is 0.146 e. The van der Waals surface area contributed by atoms with E-state index >= 15 is 0 Å². The molecule has 0 bridgehead atoms. The quantitative estimate of drug-likeness (QED) is 0.849. The van der Waals surface area contributed by atoms with Crippen molar-refractivity contribution in [2.24, 2.45) is 12.5 Å². The molecule has 16 heavy (non-hydrogen) atoms. The average molecular weight is 222 g/mol. The van der Waals surface area contributed by atoms with E-state index in [9.17, 15) is 0 Å². The zero-order valence-electron chi connectivity index (χ0n) is 10.5. The van der Waals surface area contributed by atoms with Gasteiger partial charge >= 0.3 is 0 Å². The molecule has 0 saturated heterocycles. The van der Waals surface area contributed by atoms with Crippen LogP contribution in [0.3, 0.4) is 0 Å². The molecule has 1 aromatic heterocycles. The van der Waals surface area contributed by atoms with Crippen molar-refractivity contribution in [1.82, 2.24) is 20.1 Å². The van der Waals surface area contributed by atoms with Crippen LogP contribution in [0, 0.1) is 5.41 Å². The molecule has 1 aliphatic carbocycles. The summed E-state index contributed by atoms with van der Waals surface area (Å²) in [5.41, 5.74) is 0.545. The third-order valence-corrected chi connectivity index (χ3v) is 3.69. The van der Waals surface area contributed by atoms with E-state index < -0.39 is 0 Å². The lowest BCUT2D eigenvalue weighted by Gasteiger charge is -2.34. The predicted octanol–water partition coefficient (Wildman–Crippen LogP) is 1.87. The highest BCUT2D eigenvalue weighted by atomic mass is 15.3. The van der Waals surface area contributed by atoms with E-state index in [0.29, 0.717) is 11.5 Å². The summed E-state index contributed by atoms with van der Waals surface area (Å²) < 4.78 is 1.97. The lowest BCUT2D eigenvalue weighted by atomic mass is 9.75. The first-order chi connectivity index (χ1) is 7.57. The zero-order valence-corrected chi connectivity index (χ0v) is 10.5. The standard InChI is InChI=1S/C12H22N4/c1-12(2)6-4-10(5-7-12)13-8-11-15-14-9-16(11)3/h9-10,13H,4-8H2,1-3H3. The number of aryl methyl sites for hydroxylation is 1. The van der Waals surface area contributed by atoms with Gasteiger partial charge in [-0.2, -0.15) is 0 Å². The Bertz CT molecular complexity index is 333. The van der Waals surface area contributed by atoms with Crippen molar-refractivity contribution < 1.29 is 0 Å². The second-order valence-electron chi connectivity index (χ2n) is 5.68. The minimum atomic E-state index is 0.545. The Morgan fingerprint density at radius 2 is 2.12 bits per heavy atom. The van der Waals surface area contributed by atoms with E-state index in [2.05, 4.69) is 29.4 Å². The van der Waals surface area contributed by atoms with Crippen LogP contribution >= 0.6 is 0 Å². The van der Waals surface area contributed by atoms with Crippen LogP contribution in [0.1, 0.15) is 45.4 Å². The molecule has 4 heteroatoms. The number of nitrogens with zero attached hydrogens (tertiary/aromatic N) is 3. The molecular weight excluding hydrogens is 200 g/mol. The summed E-state index contributed by atoms with van der Waals surface area (Å²) in [6.07, 6.45) is 6.96. The van der Waals surface area contributed by atoms with Crippen LogP contribution in [0.15, 0.2) is 6.33 Å². The first kappa shape index (κ1) is 11.6. The number of hydrogen-bond donors (Lipinski definition) is 1. The molecule has 4 nitrogen and oxygen atoms in total. The van der Waals surface area contributed by atoms with Gasteiger partial charge in [0.1, 0.15) is 12.2 Å². The molecule has 0 radical (unpaired) electrons. The lowest BCUT2D eigenvalue weighted by Crippen LogP contribution is -2.35. The molecule has 1 fully saturated rings. The van der Waals surface area contributed by atoms with Gasteiger partial charge in [0.15, 0.2) is 0 Å².